The lowest BCUT2D eigenvalue weighted by molar-refractivity contribution is -0.124. The van der Waals surface area contributed by atoms with Crippen LogP contribution in [0.4, 0.5) is 0 Å². The number of carbonyl (C=O) groups is 1. The number of hydrogen-bond donors (Lipinski definition) is 1. The van der Waals surface area contributed by atoms with Crippen LogP contribution in [-0.2, 0) is 11.3 Å². The molecule has 0 aromatic heterocycles. The maximum absolute atomic E-state index is 11.4. The third-order valence-electron chi connectivity index (χ3n) is 2.37. The Morgan fingerprint density at radius 1 is 1.25 bits per heavy atom. The highest BCUT2D eigenvalue weighted by atomic mass is 16.1. The van der Waals surface area contributed by atoms with E-state index >= 15 is 0 Å². The second kappa shape index (κ2) is 8.96. The number of rotatable bonds is 4. The van der Waals surface area contributed by atoms with Crippen LogP contribution in [0.2, 0.25) is 0 Å². The van der Waals surface area contributed by atoms with Crippen LogP contribution in [0.3, 0.4) is 0 Å². The van der Waals surface area contributed by atoms with Crippen LogP contribution in [0, 0.1) is 5.92 Å². The molecule has 1 unspecified atom stereocenters. The predicted octanol–water partition coefficient (Wildman–Crippen LogP) is 3.62. The van der Waals surface area contributed by atoms with Crippen LogP contribution in [0.25, 0.3) is 0 Å². The van der Waals surface area contributed by atoms with Crippen LogP contribution in [-0.4, -0.2) is 5.91 Å². The van der Waals surface area contributed by atoms with Gasteiger partial charge >= 0.3 is 0 Å². The highest BCUT2D eigenvalue weighted by Gasteiger charge is 2.08. The van der Waals surface area contributed by atoms with Crippen molar-refractivity contribution in [2.75, 3.05) is 0 Å². The first kappa shape index (κ1) is 17.1. The van der Waals surface area contributed by atoms with E-state index < -0.39 is 0 Å². The predicted molar refractivity (Wildman–Crippen MR) is 71.2 cm³/mol. The van der Waals surface area contributed by atoms with E-state index in [9.17, 15) is 4.79 Å². The van der Waals surface area contributed by atoms with Gasteiger partial charge in [0.25, 0.3) is 0 Å². The minimum atomic E-state index is 0. The van der Waals surface area contributed by atoms with Crippen molar-refractivity contribution in [2.45, 2.75) is 41.7 Å². The summed E-state index contributed by atoms with van der Waals surface area (Å²) in [5, 5.41) is 2.91. The molecule has 0 radical (unpaired) electrons. The Bertz CT molecular complexity index is 282. The van der Waals surface area contributed by atoms with Gasteiger partial charge in [0.15, 0.2) is 0 Å². The third kappa shape index (κ3) is 5.54. The summed E-state index contributed by atoms with van der Waals surface area (Å²) in [6.45, 7) is 4.59. The molecule has 0 bridgehead atoms. The quantitative estimate of drug-likeness (QED) is 0.830. The molecular formula is C14H25NO. The Balaban J connectivity index is 0. The molecule has 0 aliphatic carbocycles. The van der Waals surface area contributed by atoms with Crippen LogP contribution in [0.1, 0.15) is 40.7 Å². The van der Waals surface area contributed by atoms with E-state index in [-0.39, 0.29) is 26.7 Å². The second-order valence-electron chi connectivity index (χ2n) is 3.51. The van der Waals surface area contributed by atoms with E-state index in [0.29, 0.717) is 6.54 Å². The largest absolute Gasteiger partial charge is 0.352 e. The van der Waals surface area contributed by atoms with Crippen LogP contribution >= 0.6 is 0 Å². The molecular weight excluding hydrogens is 198 g/mol. The Morgan fingerprint density at radius 3 is 2.31 bits per heavy atom. The molecule has 2 heteroatoms. The number of amides is 1. The molecule has 0 fully saturated rings. The van der Waals surface area contributed by atoms with Gasteiger partial charge in [0.05, 0.1) is 0 Å². The zero-order chi connectivity index (χ0) is 10.4. The van der Waals surface area contributed by atoms with Gasteiger partial charge in [0.1, 0.15) is 0 Å². The van der Waals surface area contributed by atoms with Gasteiger partial charge in [0.2, 0.25) is 5.91 Å². The van der Waals surface area contributed by atoms with Crippen LogP contribution in [0.5, 0.6) is 0 Å². The summed E-state index contributed by atoms with van der Waals surface area (Å²) >= 11 is 0. The molecule has 0 aliphatic rings. The van der Waals surface area contributed by atoms with Gasteiger partial charge in [-0.15, -0.1) is 0 Å². The maximum Gasteiger partial charge on any atom is 0.223 e. The summed E-state index contributed by atoms with van der Waals surface area (Å²) in [5.74, 6) is 0.245. The van der Waals surface area contributed by atoms with Gasteiger partial charge in [-0.1, -0.05) is 59.0 Å². The summed E-state index contributed by atoms with van der Waals surface area (Å²) in [5.41, 5.74) is 1.14. The molecule has 1 atom stereocenters. The van der Waals surface area contributed by atoms with Crippen molar-refractivity contribution in [3.05, 3.63) is 35.9 Å². The van der Waals surface area contributed by atoms with Gasteiger partial charge in [-0.25, -0.2) is 0 Å². The summed E-state index contributed by atoms with van der Waals surface area (Å²) in [4.78, 5) is 11.4. The number of carbonyl (C=O) groups excluding carboxylic acids is 1. The molecule has 1 amide bonds. The molecule has 1 N–H and O–H groups in total. The van der Waals surface area contributed by atoms with E-state index in [2.05, 4.69) is 5.32 Å². The molecule has 0 saturated heterocycles. The minimum Gasteiger partial charge on any atom is -0.352 e. The van der Waals surface area contributed by atoms with Gasteiger partial charge in [0, 0.05) is 12.5 Å². The molecule has 16 heavy (non-hydrogen) atoms. The highest BCUT2D eigenvalue weighted by Crippen LogP contribution is 2.02. The van der Waals surface area contributed by atoms with Crippen molar-refractivity contribution in [3.63, 3.8) is 0 Å². The number of benzene rings is 1. The average Bonchev–Trinajstić information content (AvgIpc) is 2.26. The highest BCUT2D eigenvalue weighted by molar-refractivity contribution is 5.78. The Labute approximate surface area is 100 Å². The lowest BCUT2D eigenvalue weighted by atomic mass is 10.1. The van der Waals surface area contributed by atoms with E-state index in [4.69, 9.17) is 0 Å². The third-order valence-corrected chi connectivity index (χ3v) is 2.37. The monoisotopic (exact) mass is 223 g/mol. The molecule has 2 nitrogen and oxygen atoms in total. The SMILES string of the molecule is C.C.CCC(C)C(=O)NCc1ccccc1. The molecule has 1 aromatic carbocycles. The van der Waals surface area contributed by atoms with Crippen molar-refractivity contribution >= 4 is 5.91 Å². The minimum absolute atomic E-state index is 0. The fourth-order valence-electron chi connectivity index (χ4n) is 1.14. The Hall–Kier alpha value is -1.31. The molecule has 0 saturated carbocycles. The van der Waals surface area contributed by atoms with Gasteiger partial charge in [-0.2, -0.15) is 0 Å². The van der Waals surface area contributed by atoms with Crippen LogP contribution in [0.15, 0.2) is 30.3 Å². The molecule has 0 aliphatic heterocycles. The molecule has 1 aromatic rings. The first-order chi connectivity index (χ1) is 6.74. The summed E-state index contributed by atoms with van der Waals surface area (Å²) in [7, 11) is 0. The van der Waals surface area contributed by atoms with Crippen molar-refractivity contribution in [2.24, 2.45) is 5.92 Å². The average molecular weight is 223 g/mol. The van der Waals surface area contributed by atoms with Gasteiger partial charge < -0.3 is 5.32 Å². The zero-order valence-electron chi connectivity index (χ0n) is 8.79. The van der Waals surface area contributed by atoms with Crippen molar-refractivity contribution in [3.8, 4) is 0 Å². The Morgan fingerprint density at radius 2 is 1.81 bits per heavy atom. The fourth-order valence-corrected chi connectivity index (χ4v) is 1.14. The second-order valence-corrected chi connectivity index (χ2v) is 3.51. The topological polar surface area (TPSA) is 29.1 Å². The lowest BCUT2D eigenvalue weighted by Crippen LogP contribution is -2.28. The maximum atomic E-state index is 11.4. The summed E-state index contributed by atoms with van der Waals surface area (Å²) in [6, 6.07) is 9.95. The van der Waals surface area contributed by atoms with Crippen molar-refractivity contribution in [1.29, 1.82) is 0 Å². The van der Waals surface area contributed by atoms with E-state index in [0.717, 1.165) is 12.0 Å². The normalized spacial score (nSPS) is 10.6. The van der Waals surface area contributed by atoms with Gasteiger partial charge in [-0.3, -0.25) is 4.79 Å². The van der Waals surface area contributed by atoms with Crippen molar-refractivity contribution in [1.82, 2.24) is 5.32 Å². The molecule has 0 spiro atoms. The number of hydrogen-bond acceptors (Lipinski definition) is 1. The van der Waals surface area contributed by atoms with Crippen LogP contribution < -0.4 is 5.32 Å². The number of nitrogens with one attached hydrogen (secondary N) is 1. The first-order valence-corrected chi connectivity index (χ1v) is 5.05. The van der Waals surface area contributed by atoms with E-state index in [1.807, 2.05) is 44.2 Å². The standard InChI is InChI=1S/C12H17NO.2CH4/c1-3-10(2)12(14)13-9-11-7-5-4-6-8-11;;/h4-8,10H,3,9H2,1-2H3,(H,13,14);2*1H4. The van der Waals surface area contributed by atoms with Gasteiger partial charge in [-0.05, 0) is 12.0 Å². The molecule has 1 rings (SSSR count). The van der Waals surface area contributed by atoms with Crippen molar-refractivity contribution < 1.29 is 4.79 Å². The van der Waals surface area contributed by atoms with E-state index in [1.54, 1.807) is 0 Å². The molecule has 0 heterocycles. The Kier molecular flexibility index (Phi) is 9.57. The smallest absolute Gasteiger partial charge is 0.223 e. The fraction of sp³-hybridized carbons (Fsp3) is 0.500. The summed E-state index contributed by atoms with van der Waals surface area (Å²) < 4.78 is 0. The summed E-state index contributed by atoms with van der Waals surface area (Å²) in [6.07, 6.45) is 0.890. The van der Waals surface area contributed by atoms with E-state index in [1.165, 1.54) is 0 Å². The molecule has 92 valence electrons. The first-order valence-electron chi connectivity index (χ1n) is 5.05. The zero-order valence-corrected chi connectivity index (χ0v) is 8.79. The lowest BCUT2D eigenvalue weighted by Gasteiger charge is -2.09.